The number of hydrogen-bond acceptors (Lipinski definition) is 3. The fourth-order valence-electron chi connectivity index (χ4n) is 2.66. The third kappa shape index (κ3) is 2.41. The molecule has 0 spiro atoms. The lowest BCUT2D eigenvalue weighted by atomic mass is 9.75. The van der Waals surface area contributed by atoms with Gasteiger partial charge in [0.2, 0.25) is 5.91 Å². The SMILES string of the molecule is O=C(O)C1CC=CCC1C(=O)NC1(CO)CCC1. The predicted molar refractivity (Wildman–Crippen MR) is 64.8 cm³/mol. The van der Waals surface area contributed by atoms with E-state index < -0.39 is 23.3 Å². The van der Waals surface area contributed by atoms with E-state index in [0.29, 0.717) is 12.8 Å². The van der Waals surface area contributed by atoms with Crippen molar-refractivity contribution >= 4 is 11.9 Å². The maximum Gasteiger partial charge on any atom is 0.307 e. The van der Waals surface area contributed by atoms with Crippen LogP contribution in [0.25, 0.3) is 0 Å². The molecule has 5 nitrogen and oxygen atoms in total. The van der Waals surface area contributed by atoms with Crippen LogP contribution in [0, 0.1) is 11.8 Å². The van der Waals surface area contributed by atoms with E-state index in [2.05, 4.69) is 5.32 Å². The Morgan fingerprint density at radius 1 is 1.22 bits per heavy atom. The van der Waals surface area contributed by atoms with E-state index in [-0.39, 0.29) is 12.5 Å². The molecule has 0 aromatic heterocycles. The van der Waals surface area contributed by atoms with Crippen LogP contribution in [0.5, 0.6) is 0 Å². The average Bonchev–Trinajstić information content (AvgIpc) is 2.33. The molecule has 2 aliphatic rings. The number of amides is 1. The number of rotatable bonds is 4. The number of carbonyl (C=O) groups excluding carboxylic acids is 1. The summed E-state index contributed by atoms with van der Waals surface area (Å²) >= 11 is 0. The molecule has 0 radical (unpaired) electrons. The Bertz CT molecular complexity index is 368. The van der Waals surface area contributed by atoms with Gasteiger partial charge in [-0.15, -0.1) is 0 Å². The first-order chi connectivity index (χ1) is 8.58. The normalized spacial score (nSPS) is 29.4. The van der Waals surface area contributed by atoms with Gasteiger partial charge in [-0.05, 0) is 32.1 Å². The summed E-state index contributed by atoms with van der Waals surface area (Å²) in [5.74, 6) is -2.32. The number of carboxylic acids is 1. The first kappa shape index (κ1) is 13.1. The van der Waals surface area contributed by atoms with Gasteiger partial charge in [0.25, 0.3) is 0 Å². The van der Waals surface area contributed by atoms with Crippen molar-refractivity contribution in [3.8, 4) is 0 Å². The molecule has 1 fully saturated rings. The summed E-state index contributed by atoms with van der Waals surface area (Å²) in [5, 5.41) is 21.3. The van der Waals surface area contributed by atoms with Crippen LogP contribution in [0.3, 0.4) is 0 Å². The van der Waals surface area contributed by atoms with Gasteiger partial charge < -0.3 is 15.5 Å². The zero-order valence-electron chi connectivity index (χ0n) is 10.3. The molecule has 1 amide bonds. The summed E-state index contributed by atoms with van der Waals surface area (Å²) in [6.07, 6.45) is 7.08. The van der Waals surface area contributed by atoms with Crippen LogP contribution >= 0.6 is 0 Å². The minimum atomic E-state index is -0.925. The Labute approximate surface area is 106 Å². The number of aliphatic hydroxyl groups is 1. The molecule has 0 aromatic rings. The first-order valence-electron chi connectivity index (χ1n) is 6.39. The number of carboxylic acid groups (broad SMARTS) is 1. The predicted octanol–water partition coefficient (Wildman–Crippen LogP) is 0.685. The molecule has 100 valence electrons. The summed E-state index contributed by atoms with van der Waals surface area (Å²) in [7, 11) is 0. The molecule has 2 aliphatic carbocycles. The lowest BCUT2D eigenvalue weighted by Gasteiger charge is -2.42. The largest absolute Gasteiger partial charge is 0.481 e. The first-order valence-corrected chi connectivity index (χ1v) is 6.39. The van der Waals surface area contributed by atoms with Gasteiger partial charge in [0.1, 0.15) is 0 Å². The van der Waals surface area contributed by atoms with E-state index in [4.69, 9.17) is 5.11 Å². The Morgan fingerprint density at radius 3 is 2.28 bits per heavy atom. The van der Waals surface area contributed by atoms with E-state index >= 15 is 0 Å². The lowest BCUT2D eigenvalue weighted by Crippen LogP contribution is -2.58. The van der Waals surface area contributed by atoms with Crippen molar-refractivity contribution in [2.24, 2.45) is 11.8 Å². The van der Waals surface area contributed by atoms with Crippen molar-refractivity contribution in [3.05, 3.63) is 12.2 Å². The standard InChI is InChI=1S/C13H19NO4/c15-8-13(6-3-7-13)14-11(16)9-4-1-2-5-10(9)12(17)18/h1-2,9-10,15H,3-8H2,(H,14,16)(H,17,18). The molecule has 0 heterocycles. The van der Waals surface area contributed by atoms with Crippen molar-refractivity contribution in [2.45, 2.75) is 37.6 Å². The van der Waals surface area contributed by atoms with Gasteiger partial charge in [0, 0.05) is 0 Å². The second kappa shape index (κ2) is 5.10. The second-order valence-corrected chi connectivity index (χ2v) is 5.28. The zero-order chi connectivity index (χ0) is 13.2. The molecular weight excluding hydrogens is 234 g/mol. The average molecular weight is 253 g/mol. The Morgan fingerprint density at radius 2 is 1.83 bits per heavy atom. The molecule has 5 heteroatoms. The lowest BCUT2D eigenvalue weighted by molar-refractivity contribution is -0.148. The zero-order valence-corrected chi connectivity index (χ0v) is 10.3. The summed E-state index contributed by atoms with van der Waals surface area (Å²) < 4.78 is 0. The minimum Gasteiger partial charge on any atom is -0.481 e. The third-order valence-corrected chi connectivity index (χ3v) is 4.09. The van der Waals surface area contributed by atoms with Gasteiger partial charge in [0.05, 0.1) is 24.0 Å². The van der Waals surface area contributed by atoms with E-state index in [1.807, 2.05) is 12.2 Å². The number of carbonyl (C=O) groups is 2. The highest BCUT2D eigenvalue weighted by Gasteiger charge is 2.41. The Balaban J connectivity index is 2.03. The number of hydrogen-bond donors (Lipinski definition) is 3. The number of allylic oxidation sites excluding steroid dienone is 2. The van der Waals surface area contributed by atoms with Crippen LogP contribution in [-0.4, -0.2) is 34.2 Å². The third-order valence-electron chi connectivity index (χ3n) is 4.09. The van der Waals surface area contributed by atoms with Gasteiger partial charge in [-0.25, -0.2) is 0 Å². The van der Waals surface area contributed by atoms with Crippen molar-refractivity contribution in [2.75, 3.05) is 6.61 Å². The molecule has 0 bridgehead atoms. The molecule has 0 aromatic carbocycles. The molecule has 2 unspecified atom stereocenters. The molecular formula is C13H19NO4. The van der Waals surface area contributed by atoms with E-state index in [0.717, 1.165) is 19.3 Å². The highest BCUT2D eigenvalue weighted by atomic mass is 16.4. The smallest absolute Gasteiger partial charge is 0.307 e. The minimum absolute atomic E-state index is 0.0704. The van der Waals surface area contributed by atoms with Crippen molar-refractivity contribution in [1.29, 1.82) is 0 Å². The summed E-state index contributed by atoms with van der Waals surface area (Å²) in [5.41, 5.74) is -0.499. The molecule has 0 aliphatic heterocycles. The van der Waals surface area contributed by atoms with Gasteiger partial charge in [0.15, 0.2) is 0 Å². The molecule has 18 heavy (non-hydrogen) atoms. The van der Waals surface area contributed by atoms with E-state index in [9.17, 15) is 14.7 Å². The molecule has 2 rings (SSSR count). The Kier molecular flexibility index (Phi) is 3.71. The highest BCUT2D eigenvalue weighted by Crippen LogP contribution is 2.33. The summed E-state index contributed by atoms with van der Waals surface area (Å²) in [4.78, 5) is 23.3. The molecule has 3 N–H and O–H groups in total. The topological polar surface area (TPSA) is 86.6 Å². The van der Waals surface area contributed by atoms with Crippen molar-refractivity contribution < 1.29 is 19.8 Å². The van der Waals surface area contributed by atoms with Crippen LogP contribution in [-0.2, 0) is 9.59 Å². The van der Waals surface area contributed by atoms with E-state index in [1.54, 1.807) is 0 Å². The van der Waals surface area contributed by atoms with Crippen LogP contribution in [0.2, 0.25) is 0 Å². The maximum atomic E-state index is 12.2. The summed E-state index contributed by atoms with van der Waals surface area (Å²) in [6.45, 7) is -0.0704. The monoisotopic (exact) mass is 253 g/mol. The van der Waals surface area contributed by atoms with Gasteiger partial charge in [-0.2, -0.15) is 0 Å². The fraction of sp³-hybridized carbons (Fsp3) is 0.692. The molecule has 0 saturated heterocycles. The van der Waals surface area contributed by atoms with Gasteiger partial charge >= 0.3 is 5.97 Å². The number of aliphatic carboxylic acids is 1. The quantitative estimate of drug-likeness (QED) is 0.643. The fourth-order valence-corrected chi connectivity index (χ4v) is 2.66. The van der Waals surface area contributed by atoms with Crippen molar-refractivity contribution in [1.82, 2.24) is 5.32 Å². The summed E-state index contributed by atoms with van der Waals surface area (Å²) in [6, 6.07) is 0. The van der Waals surface area contributed by atoms with E-state index in [1.165, 1.54) is 0 Å². The van der Waals surface area contributed by atoms with Gasteiger partial charge in [-0.3, -0.25) is 9.59 Å². The van der Waals surface area contributed by atoms with Crippen LogP contribution in [0.15, 0.2) is 12.2 Å². The maximum absolute atomic E-state index is 12.2. The molecule has 1 saturated carbocycles. The van der Waals surface area contributed by atoms with Crippen LogP contribution in [0.1, 0.15) is 32.1 Å². The molecule has 2 atom stereocenters. The number of aliphatic hydroxyl groups excluding tert-OH is 1. The van der Waals surface area contributed by atoms with Gasteiger partial charge in [-0.1, -0.05) is 12.2 Å². The number of nitrogens with one attached hydrogen (secondary N) is 1. The van der Waals surface area contributed by atoms with Crippen LogP contribution in [0.4, 0.5) is 0 Å². The second-order valence-electron chi connectivity index (χ2n) is 5.28. The van der Waals surface area contributed by atoms with Crippen molar-refractivity contribution in [3.63, 3.8) is 0 Å². The Hall–Kier alpha value is -1.36. The van der Waals surface area contributed by atoms with Crippen LogP contribution < -0.4 is 5.32 Å². The highest BCUT2D eigenvalue weighted by molar-refractivity contribution is 5.85.